The summed E-state index contributed by atoms with van der Waals surface area (Å²) in [4.78, 5) is 16.7. The van der Waals surface area contributed by atoms with Gasteiger partial charge in [0.25, 0.3) is 0 Å². The van der Waals surface area contributed by atoms with Gasteiger partial charge in [-0.25, -0.2) is 0 Å². The quantitative estimate of drug-likeness (QED) is 0.352. The van der Waals surface area contributed by atoms with E-state index in [0.29, 0.717) is 29.7 Å². The molecule has 4 N–H and O–H groups in total. The highest BCUT2D eigenvalue weighted by Gasteiger charge is 2.28. The number of hydrogen-bond acceptors (Lipinski definition) is 4. The molecular weight excluding hydrogens is 342 g/mol. The molecule has 0 saturated heterocycles. The Bertz CT molecular complexity index is 780. The molecule has 27 heavy (non-hydrogen) atoms. The Labute approximate surface area is 159 Å². The Balaban J connectivity index is 1.58. The summed E-state index contributed by atoms with van der Waals surface area (Å²) in [5, 5.41) is 0. The number of nitrogens with two attached hydrogens (primary N) is 2. The van der Waals surface area contributed by atoms with E-state index < -0.39 is 0 Å². The fraction of sp³-hybridized carbons (Fsp3) is 0.333. The molecule has 0 unspecified atom stereocenters. The molecule has 0 bridgehead atoms. The normalized spacial score (nSPS) is 19.1. The predicted molar refractivity (Wildman–Crippen MR) is 105 cm³/mol. The van der Waals surface area contributed by atoms with E-state index in [2.05, 4.69) is 4.99 Å². The summed E-state index contributed by atoms with van der Waals surface area (Å²) in [7, 11) is 0. The smallest absolute Gasteiger partial charge is 0.314 e. The average molecular weight is 367 g/mol. The lowest BCUT2D eigenvalue weighted by Gasteiger charge is -2.26. The van der Waals surface area contributed by atoms with Gasteiger partial charge in [0.15, 0.2) is 17.5 Å². The van der Waals surface area contributed by atoms with Crippen LogP contribution in [0.15, 0.2) is 59.6 Å². The molecule has 6 nitrogen and oxygen atoms in total. The Morgan fingerprint density at radius 1 is 0.926 bits per heavy atom. The van der Waals surface area contributed by atoms with Crippen LogP contribution in [0.3, 0.4) is 0 Å². The second kappa shape index (κ2) is 9.07. The van der Waals surface area contributed by atoms with Crippen LogP contribution in [0, 0.1) is 11.8 Å². The van der Waals surface area contributed by atoms with Crippen molar-refractivity contribution < 1.29 is 14.3 Å². The first-order valence-electron chi connectivity index (χ1n) is 9.21. The fourth-order valence-electron chi connectivity index (χ4n) is 3.24. The van der Waals surface area contributed by atoms with Gasteiger partial charge in [-0.3, -0.25) is 9.79 Å². The molecule has 1 aliphatic carbocycles. The van der Waals surface area contributed by atoms with Gasteiger partial charge in [0, 0.05) is 6.54 Å². The maximum absolute atomic E-state index is 12.6. The standard InChI is InChI=1S/C21H25N3O3/c22-21(23)24-14-15-10-12-16(13-11-15)20(25)27-19-9-5-4-8-18(19)26-17-6-2-1-3-7-17/h1-9,15-16H,10-14H2,(H4,22,23,24). The second-order valence-corrected chi connectivity index (χ2v) is 6.77. The molecule has 0 spiro atoms. The average Bonchev–Trinajstić information content (AvgIpc) is 2.69. The predicted octanol–water partition coefficient (Wildman–Crippen LogP) is 3.46. The van der Waals surface area contributed by atoms with Gasteiger partial charge < -0.3 is 20.9 Å². The van der Waals surface area contributed by atoms with Crippen LogP contribution in [-0.2, 0) is 4.79 Å². The molecule has 2 aromatic carbocycles. The zero-order valence-electron chi connectivity index (χ0n) is 15.2. The third kappa shape index (κ3) is 5.48. The Morgan fingerprint density at radius 2 is 1.56 bits per heavy atom. The van der Waals surface area contributed by atoms with E-state index in [9.17, 15) is 4.79 Å². The van der Waals surface area contributed by atoms with Crippen LogP contribution in [0.25, 0.3) is 0 Å². The molecule has 0 aliphatic heterocycles. The van der Waals surface area contributed by atoms with Crippen molar-refractivity contribution in [2.45, 2.75) is 25.7 Å². The molecular formula is C21H25N3O3. The van der Waals surface area contributed by atoms with Crippen molar-refractivity contribution >= 4 is 11.9 Å². The summed E-state index contributed by atoms with van der Waals surface area (Å²) in [6.45, 7) is 0.623. The van der Waals surface area contributed by atoms with Crippen LogP contribution < -0.4 is 20.9 Å². The first-order chi connectivity index (χ1) is 13.1. The monoisotopic (exact) mass is 367 g/mol. The number of ether oxygens (including phenoxy) is 2. The summed E-state index contributed by atoms with van der Waals surface area (Å²) in [6, 6.07) is 16.6. The summed E-state index contributed by atoms with van der Waals surface area (Å²) in [5.41, 5.74) is 10.8. The van der Waals surface area contributed by atoms with Gasteiger partial charge in [0.2, 0.25) is 0 Å². The van der Waals surface area contributed by atoms with E-state index in [0.717, 1.165) is 25.7 Å². The zero-order chi connectivity index (χ0) is 19.1. The number of benzene rings is 2. The summed E-state index contributed by atoms with van der Waals surface area (Å²) in [6.07, 6.45) is 3.40. The van der Waals surface area contributed by atoms with Crippen LogP contribution in [0.5, 0.6) is 17.2 Å². The lowest BCUT2D eigenvalue weighted by molar-refractivity contribution is -0.140. The summed E-state index contributed by atoms with van der Waals surface area (Å²) < 4.78 is 11.5. The van der Waals surface area contributed by atoms with E-state index in [1.807, 2.05) is 42.5 Å². The van der Waals surface area contributed by atoms with Gasteiger partial charge in [-0.2, -0.15) is 0 Å². The van der Waals surface area contributed by atoms with E-state index >= 15 is 0 Å². The zero-order valence-corrected chi connectivity index (χ0v) is 15.2. The van der Waals surface area contributed by atoms with Crippen molar-refractivity contribution in [1.82, 2.24) is 0 Å². The molecule has 6 heteroatoms. The minimum Gasteiger partial charge on any atom is -0.453 e. The SMILES string of the molecule is NC(N)=NCC1CCC(C(=O)Oc2ccccc2Oc2ccccc2)CC1. The number of carbonyl (C=O) groups is 1. The molecule has 0 aromatic heterocycles. The number of nitrogens with zero attached hydrogens (tertiary/aromatic N) is 1. The fourth-order valence-corrected chi connectivity index (χ4v) is 3.24. The first kappa shape index (κ1) is 18.8. The molecule has 2 aromatic rings. The molecule has 0 heterocycles. The number of aliphatic imine (C=N–C) groups is 1. The topological polar surface area (TPSA) is 99.9 Å². The minimum atomic E-state index is -0.209. The lowest BCUT2D eigenvalue weighted by Crippen LogP contribution is -2.28. The maximum atomic E-state index is 12.6. The largest absolute Gasteiger partial charge is 0.453 e. The Kier molecular flexibility index (Phi) is 6.30. The van der Waals surface area contributed by atoms with Crippen LogP contribution >= 0.6 is 0 Å². The van der Waals surface area contributed by atoms with Crippen molar-refractivity contribution in [1.29, 1.82) is 0 Å². The number of hydrogen-bond donors (Lipinski definition) is 2. The highest BCUT2D eigenvalue weighted by molar-refractivity contribution is 5.76. The van der Waals surface area contributed by atoms with Gasteiger partial charge in [0.05, 0.1) is 5.92 Å². The van der Waals surface area contributed by atoms with Crippen LogP contribution in [-0.4, -0.2) is 18.5 Å². The van der Waals surface area contributed by atoms with E-state index in [-0.39, 0.29) is 17.8 Å². The maximum Gasteiger partial charge on any atom is 0.314 e. The molecule has 0 amide bonds. The third-order valence-corrected chi connectivity index (χ3v) is 4.74. The number of rotatable bonds is 6. The summed E-state index contributed by atoms with van der Waals surface area (Å²) >= 11 is 0. The third-order valence-electron chi connectivity index (χ3n) is 4.74. The molecule has 3 rings (SSSR count). The molecule has 0 radical (unpaired) electrons. The van der Waals surface area contributed by atoms with Gasteiger partial charge >= 0.3 is 5.97 Å². The highest BCUT2D eigenvalue weighted by atomic mass is 16.6. The van der Waals surface area contributed by atoms with E-state index in [1.54, 1.807) is 12.1 Å². The van der Waals surface area contributed by atoms with Crippen molar-refractivity contribution in [3.05, 3.63) is 54.6 Å². The van der Waals surface area contributed by atoms with E-state index in [1.165, 1.54) is 0 Å². The van der Waals surface area contributed by atoms with Crippen molar-refractivity contribution in [2.75, 3.05) is 6.54 Å². The Morgan fingerprint density at radius 3 is 2.22 bits per heavy atom. The molecule has 1 saturated carbocycles. The van der Waals surface area contributed by atoms with Gasteiger partial charge in [-0.1, -0.05) is 30.3 Å². The first-order valence-corrected chi connectivity index (χ1v) is 9.21. The minimum absolute atomic E-state index is 0.106. The van der Waals surface area contributed by atoms with Crippen molar-refractivity contribution in [3.8, 4) is 17.2 Å². The number of carbonyl (C=O) groups excluding carboxylic acids is 1. The van der Waals surface area contributed by atoms with Crippen LogP contribution in [0.1, 0.15) is 25.7 Å². The number of esters is 1. The highest BCUT2D eigenvalue weighted by Crippen LogP contribution is 2.34. The van der Waals surface area contributed by atoms with E-state index in [4.69, 9.17) is 20.9 Å². The molecule has 0 atom stereocenters. The lowest BCUT2D eigenvalue weighted by atomic mass is 9.82. The molecule has 142 valence electrons. The van der Waals surface area contributed by atoms with Crippen LogP contribution in [0.4, 0.5) is 0 Å². The number of para-hydroxylation sites is 3. The van der Waals surface area contributed by atoms with Gasteiger partial charge in [-0.05, 0) is 55.9 Å². The number of guanidine groups is 1. The van der Waals surface area contributed by atoms with Crippen LogP contribution in [0.2, 0.25) is 0 Å². The second-order valence-electron chi connectivity index (χ2n) is 6.77. The van der Waals surface area contributed by atoms with Gasteiger partial charge in [0.1, 0.15) is 5.75 Å². The van der Waals surface area contributed by atoms with Gasteiger partial charge in [-0.15, -0.1) is 0 Å². The Hall–Kier alpha value is -3.02. The molecule has 1 aliphatic rings. The van der Waals surface area contributed by atoms with Crippen molar-refractivity contribution in [3.63, 3.8) is 0 Å². The van der Waals surface area contributed by atoms with Crippen molar-refractivity contribution in [2.24, 2.45) is 28.3 Å². The summed E-state index contributed by atoms with van der Waals surface area (Å²) in [5.74, 6) is 1.88. The molecule has 1 fully saturated rings.